The maximum atomic E-state index is 12.8. The Morgan fingerprint density at radius 1 is 1.27 bits per heavy atom. The molecule has 0 aromatic heterocycles. The highest BCUT2D eigenvalue weighted by molar-refractivity contribution is 6.05. The predicted molar refractivity (Wildman–Crippen MR) is 95.0 cm³/mol. The minimum atomic E-state index is -0.568. The molecule has 1 unspecified atom stereocenters. The molecule has 2 fully saturated rings. The van der Waals surface area contributed by atoms with E-state index in [1.807, 2.05) is 18.2 Å². The van der Waals surface area contributed by atoms with Crippen LogP contribution in [0.5, 0.6) is 0 Å². The van der Waals surface area contributed by atoms with Crippen LogP contribution in [0.2, 0.25) is 0 Å². The van der Waals surface area contributed by atoms with E-state index in [0.29, 0.717) is 18.5 Å². The first-order valence-electron chi connectivity index (χ1n) is 9.17. The lowest BCUT2D eigenvalue weighted by Gasteiger charge is -2.47. The Bertz CT molecular complexity index is 785. The summed E-state index contributed by atoms with van der Waals surface area (Å²) in [5, 5.41) is 2.34. The van der Waals surface area contributed by atoms with Crippen molar-refractivity contribution >= 4 is 17.7 Å². The van der Waals surface area contributed by atoms with Crippen molar-refractivity contribution in [3.05, 3.63) is 34.9 Å². The molecular weight excluding hydrogens is 332 g/mol. The number of nitrogens with zero attached hydrogens (tertiary/aromatic N) is 2. The Labute approximate surface area is 152 Å². The third-order valence-electron chi connectivity index (χ3n) is 5.85. The van der Waals surface area contributed by atoms with E-state index in [1.165, 1.54) is 0 Å². The molecule has 138 valence electrons. The molecule has 3 aliphatic heterocycles. The normalized spacial score (nSPS) is 25.1. The molecule has 7 nitrogen and oxygen atoms in total. The van der Waals surface area contributed by atoms with Gasteiger partial charge in [-0.1, -0.05) is 19.1 Å². The van der Waals surface area contributed by atoms with E-state index in [-0.39, 0.29) is 29.7 Å². The van der Waals surface area contributed by atoms with Crippen LogP contribution in [0.15, 0.2) is 18.2 Å². The lowest BCUT2D eigenvalue weighted by atomic mass is 9.87. The SMILES string of the molecule is CCC1(N)CN(Cc2cccc3c2CN(C2CCC(=O)NC2=O)C3=O)C1. The standard InChI is InChI=1S/C19H24N4O3/c1-2-19(20)10-22(11-19)8-12-4-3-5-13-14(12)9-23(18(13)26)15-6-7-16(24)21-17(15)25/h3-5,15H,2,6-11,20H2,1H3,(H,21,24,25). The van der Waals surface area contributed by atoms with Crippen LogP contribution in [-0.2, 0) is 22.7 Å². The van der Waals surface area contributed by atoms with Gasteiger partial charge in [0.2, 0.25) is 11.8 Å². The Kier molecular flexibility index (Phi) is 4.08. The molecule has 1 aromatic carbocycles. The van der Waals surface area contributed by atoms with Gasteiger partial charge in [-0.25, -0.2) is 0 Å². The van der Waals surface area contributed by atoms with Crippen LogP contribution in [0.3, 0.4) is 0 Å². The van der Waals surface area contributed by atoms with Gasteiger partial charge in [-0.15, -0.1) is 0 Å². The summed E-state index contributed by atoms with van der Waals surface area (Å²) in [4.78, 5) is 40.3. The molecule has 0 aliphatic carbocycles. The number of hydrogen-bond donors (Lipinski definition) is 2. The number of nitrogens with two attached hydrogens (primary N) is 1. The lowest BCUT2D eigenvalue weighted by Crippen LogP contribution is -2.66. The summed E-state index contributed by atoms with van der Waals surface area (Å²) in [5.41, 5.74) is 8.94. The molecule has 0 bridgehead atoms. The van der Waals surface area contributed by atoms with Gasteiger partial charge in [0.1, 0.15) is 6.04 Å². The van der Waals surface area contributed by atoms with Gasteiger partial charge in [-0.2, -0.15) is 0 Å². The van der Waals surface area contributed by atoms with Crippen molar-refractivity contribution in [1.29, 1.82) is 0 Å². The van der Waals surface area contributed by atoms with Crippen LogP contribution < -0.4 is 11.1 Å². The maximum absolute atomic E-state index is 12.8. The van der Waals surface area contributed by atoms with E-state index in [1.54, 1.807) is 4.90 Å². The van der Waals surface area contributed by atoms with E-state index in [4.69, 9.17) is 5.73 Å². The van der Waals surface area contributed by atoms with Crippen molar-refractivity contribution in [2.45, 2.75) is 50.9 Å². The van der Waals surface area contributed by atoms with Crippen LogP contribution in [0.1, 0.15) is 47.7 Å². The molecule has 2 saturated heterocycles. The Morgan fingerprint density at radius 2 is 2.04 bits per heavy atom. The van der Waals surface area contributed by atoms with E-state index in [2.05, 4.69) is 17.1 Å². The van der Waals surface area contributed by atoms with Crippen molar-refractivity contribution in [3.8, 4) is 0 Å². The highest BCUT2D eigenvalue weighted by Gasteiger charge is 2.41. The number of benzene rings is 1. The second-order valence-corrected chi connectivity index (χ2v) is 7.70. The van der Waals surface area contributed by atoms with E-state index >= 15 is 0 Å². The van der Waals surface area contributed by atoms with Crippen molar-refractivity contribution in [2.24, 2.45) is 5.73 Å². The van der Waals surface area contributed by atoms with E-state index in [0.717, 1.165) is 37.2 Å². The van der Waals surface area contributed by atoms with Crippen molar-refractivity contribution < 1.29 is 14.4 Å². The molecule has 0 saturated carbocycles. The van der Waals surface area contributed by atoms with Crippen molar-refractivity contribution in [2.75, 3.05) is 13.1 Å². The zero-order chi connectivity index (χ0) is 18.5. The number of nitrogens with one attached hydrogen (secondary N) is 1. The van der Waals surface area contributed by atoms with E-state index < -0.39 is 6.04 Å². The largest absolute Gasteiger partial charge is 0.323 e. The summed E-state index contributed by atoms with van der Waals surface area (Å²) in [6.45, 7) is 5.01. The van der Waals surface area contributed by atoms with Gasteiger partial charge >= 0.3 is 0 Å². The summed E-state index contributed by atoms with van der Waals surface area (Å²) < 4.78 is 0. The summed E-state index contributed by atoms with van der Waals surface area (Å²) in [6.07, 6.45) is 1.61. The second-order valence-electron chi connectivity index (χ2n) is 7.70. The number of imide groups is 1. The third kappa shape index (κ3) is 2.81. The zero-order valence-corrected chi connectivity index (χ0v) is 15.0. The van der Waals surface area contributed by atoms with Gasteiger partial charge in [0.15, 0.2) is 0 Å². The predicted octanol–water partition coefficient (Wildman–Crippen LogP) is 0.371. The highest BCUT2D eigenvalue weighted by atomic mass is 16.2. The first-order valence-corrected chi connectivity index (χ1v) is 9.17. The number of fused-ring (bicyclic) bond motifs is 1. The summed E-state index contributed by atoms with van der Waals surface area (Å²) in [5.74, 6) is -0.765. The number of hydrogen-bond acceptors (Lipinski definition) is 5. The first kappa shape index (κ1) is 17.2. The molecule has 3 aliphatic rings. The smallest absolute Gasteiger partial charge is 0.255 e. The molecular formula is C19H24N4O3. The molecule has 0 radical (unpaired) electrons. The van der Waals surface area contributed by atoms with E-state index in [9.17, 15) is 14.4 Å². The number of likely N-dealkylation sites (tertiary alicyclic amines) is 1. The fourth-order valence-corrected chi connectivity index (χ4v) is 4.22. The average Bonchev–Trinajstić information content (AvgIpc) is 2.91. The summed E-state index contributed by atoms with van der Waals surface area (Å²) >= 11 is 0. The average molecular weight is 356 g/mol. The molecule has 26 heavy (non-hydrogen) atoms. The number of carbonyl (C=O) groups excluding carboxylic acids is 3. The fraction of sp³-hybridized carbons (Fsp3) is 0.526. The second kappa shape index (κ2) is 6.17. The van der Waals surface area contributed by atoms with Crippen LogP contribution in [0.25, 0.3) is 0 Å². The van der Waals surface area contributed by atoms with Gasteiger partial charge < -0.3 is 10.6 Å². The molecule has 1 aromatic rings. The van der Waals surface area contributed by atoms with Gasteiger partial charge in [0, 0.05) is 43.7 Å². The van der Waals surface area contributed by atoms with Gasteiger partial charge in [-0.3, -0.25) is 24.6 Å². The van der Waals surface area contributed by atoms with Crippen LogP contribution in [-0.4, -0.2) is 52.2 Å². The van der Waals surface area contributed by atoms with Crippen LogP contribution in [0.4, 0.5) is 0 Å². The van der Waals surface area contributed by atoms with Crippen LogP contribution >= 0.6 is 0 Å². The van der Waals surface area contributed by atoms with Crippen molar-refractivity contribution in [1.82, 2.24) is 15.1 Å². The Balaban J connectivity index is 1.51. The van der Waals surface area contributed by atoms with Crippen molar-refractivity contribution in [3.63, 3.8) is 0 Å². The maximum Gasteiger partial charge on any atom is 0.255 e. The van der Waals surface area contributed by atoms with Gasteiger partial charge in [0.25, 0.3) is 5.91 Å². The molecule has 3 amide bonds. The molecule has 3 heterocycles. The minimum Gasteiger partial charge on any atom is -0.323 e. The first-order chi connectivity index (χ1) is 12.4. The van der Waals surface area contributed by atoms with Gasteiger partial charge in [-0.05, 0) is 30.0 Å². The minimum absolute atomic E-state index is 0.0907. The molecule has 7 heteroatoms. The molecule has 1 atom stereocenters. The summed E-state index contributed by atoms with van der Waals surface area (Å²) in [7, 11) is 0. The number of carbonyl (C=O) groups is 3. The molecule has 0 spiro atoms. The summed E-state index contributed by atoms with van der Waals surface area (Å²) in [6, 6.07) is 5.20. The zero-order valence-electron chi connectivity index (χ0n) is 15.0. The number of rotatable bonds is 4. The topological polar surface area (TPSA) is 95.7 Å². The quantitative estimate of drug-likeness (QED) is 0.760. The lowest BCUT2D eigenvalue weighted by molar-refractivity contribution is -0.136. The molecule has 4 rings (SSSR count). The van der Waals surface area contributed by atoms with Crippen LogP contribution in [0, 0.1) is 0 Å². The number of piperidine rings is 1. The third-order valence-corrected chi connectivity index (χ3v) is 5.85. The Morgan fingerprint density at radius 3 is 2.73 bits per heavy atom. The monoisotopic (exact) mass is 356 g/mol. The number of amides is 3. The fourth-order valence-electron chi connectivity index (χ4n) is 4.22. The van der Waals surface area contributed by atoms with Gasteiger partial charge in [0.05, 0.1) is 0 Å². The highest BCUT2D eigenvalue weighted by Crippen LogP contribution is 2.32. The molecule has 3 N–H and O–H groups in total. The Hall–Kier alpha value is -2.25.